The first kappa shape index (κ1) is 23.8. The van der Waals surface area contributed by atoms with Gasteiger partial charge in [0, 0.05) is 31.4 Å². The van der Waals surface area contributed by atoms with E-state index >= 15 is 0 Å². The summed E-state index contributed by atoms with van der Waals surface area (Å²) in [4.78, 5) is 25.2. The lowest BCUT2D eigenvalue weighted by molar-refractivity contribution is 0.0960. The van der Waals surface area contributed by atoms with Crippen LogP contribution in [0.25, 0.3) is 5.69 Å². The predicted octanol–water partition coefficient (Wildman–Crippen LogP) is 2.80. The summed E-state index contributed by atoms with van der Waals surface area (Å²) >= 11 is 7.14. The Morgan fingerprint density at radius 2 is 2.09 bits per heavy atom. The second-order valence-electron chi connectivity index (χ2n) is 7.41. The quantitative estimate of drug-likeness (QED) is 0.334. The van der Waals surface area contributed by atoms with E-state index in [4.69, 9.17) is 21.4 Å². The first-order valence-corrected chi connectivity index (χ1v) is 11.8. The molecule has 11 heteroatoms. The van der Waals surface area contributed by atoms with Crippen molar-refractivity contribution in [3.05, 3.63) is 85.7 Å². The summed E-state index contributed by atoms with van der Waals surface area (Å²) in [7, 11) is 0. The van der Waals surface area contributed by atoms with Crippen LogP contribution in [0.5, 0.6) is 5.75 Å². The number of halogens is 1. The number of aromatic nitrogens is 1. The van der Waals surface area contributed by atoms with Crippen molar-refractivity contribution < 1.29 is 14.6 Å². The molecule has 0 bridgehead atoms. The van der Waals surface area contributed by atoms with Crippen LogP contribution in [0.2, 0.25) is 4.34 Å². The van der Waals surface area contributed by atoms with Crippen molar-refractivity contribution in [1.29, 1.82) is 0 Å². The molecule has 0 saturated carbocycles. The second-order valence-corrected chi connectivity index (χ2v) is 9.12. The number of hydrazine groups is 2. The number of rotatable bonds is 9. The standard InChI is InChI=1S/C23H24ClN5O4S/c1-15-17(14-25-23(32)20-8-9-21(24)34-20)26-27-29(15)18-7-6-16(13-19(18)33-12-4-11-30)28-10-3-2-5-22(28)31/h2-3,5-10,13,26-27,30H,4,11-12,14H2,1H3,(H,25,32). The lowest BCUT2D eigenvalue weighted by Gasteiger charge is -2.23. The molecule has 0 aliphatic carbocycles. The zero-order chi connectivity index (χ0) is 24.1. The summed E-state index contributed by atoms with van der Waals surface area (Å²) in [6, 6.07) is 13.8. The number of ether oxygens (including phenoxy) is 1. The monoisotopic (exact) mass is 501 g/mol. The van der Waals surface area contributed by atoms with E-state index in [-0.39, 0.29) is 24.6 Å². The zero-order valence-electron chi connectivity index (χ0n) is 18.4. The first-order valence-electron chi connectivity index (χ1n) is 10.6. The van der Waals surface area contributed by atoms with Crippen LogP contribution in [0, 0.1) is 0 Å². The number of aliphatic hydroxyl groups is 1. The van der Waals surface area contributed by atoms with E-state index in [0.29, 0.717) is 39.4 Å². The van der Waals surface area contributed by atoms with Gasteiger partial charge in [0.25, 0.3) is 11.5 Å². The highest BCUT2D eigenvalue weighted by atomic mass is 35.5. The first-order chi connectivity index (χ1) is 16.5. The molecule has 1 aromatic carbocycles. The number of thiophene rings is 1. The van der Waals surface area contributed by atoms with Gasteiger partial charge in [-0.15, -0.1) is 16.9 Å². The fourth-order valence-electron chi connectivity index (χ4n) is 3.38. The molecular weight excluding hydrogens is 478 g/mol. The number of aliphatic hydroxyl groups excluding tert-OH is 1. The van der Waals surface area contributed by atoms with Gasteiger partial charge in [-0.1, -0.05) is 17.7 Å². The molecule has 0 atom stereocenters. The average Bonchev–Trinajstić information content (AvgIpc) is 3.43. The number of anilines is 1. The molecule has 0 saturated heterocycles. The minimum Gasteiger partial charge on any atom is -0.491 e. The van der Waals surface area contributed by atoms with Crippen LogP contribution in [0.1, 0.15) is 23.0 Å². The van der Waals surface area contributed by atoms with Crippen LogP contribution in [0.3, 0.4) is 0 Å². The molecule has 0 fully saturated rings. The molecule has 0 unspecified atom stereocenters. The summed E-state index contributed by atoms with van der Waals surface area (Å²) in [5, 5.41) is 13.8. The summed E-state index contributed by atoms with van der Waals surface area (Å²) in [5.41, 5.74) is 8.99. The molecule has 178 valence electrons. The Labute approximate surface area is 205 Å². The van der Waals surface area contributed by atoms with Crippen LogP contribution < -0.4 is 31.6 Å². The van der Waals surface area contributed by atoms with Gasteiger partial charge in [0.15, 0.2) is 0 Å². The fraction of sp³-hybridized carbons (Fsp3) is 0.217. The van der Waals surface area contributed by atoms with Crippen molar-refractivity contribution in [2.45, 2.75) is 13.3 Å². The summed E-state index contributed by atoms with van der Waals surface area (Å²) < 4.78 is 8.03. The van der Waals surface area contributed by atoms with E-state index in [1.807, 2.05) is 19.1 Å². The van der Waals surface area contributed by atoms with E-state index in [1.165, 1.54) is 22.0 Å². The minimum atomic E-state index is -0.205. The SMILES string of the molecule is CC1=C(CNC(=O)c2ccc(Cl)s2)NNN1c1ccc(-n2ccccc2=O)cc1OCCCO. The number of hydrogen-bond donors (Lipinski definition) is 4. The molecule has 1 aliphatic heterocycles. The van der Waals surface area contributed by atoms with Crippen molar-refractivity contribution in [2.24, 2.45) is 0 Å². The zero-order valence-corrected chi connectivity index (χ0v) is 19.9. The second kappa shape index (κ2) is 10.7. The van der Waals surface area contributed by atoms with Gasteiger partial charge in [0.1, 0.15) is 11.4 Å². The summed E-state index contributed by atoms with van der Waals surface area (Å²) in [6.45, 7) is 2.51. The maximum Gasteiger partial charge on any atom is 0.261 e. The number of hydrogen-bond acceptors (Lipinski definition) is 8. The third-order valence-electron chi connectivity index (χ3n) is 5.16. The van der Waals surface area contributed by atoms with Crippen molar-refractivity contribution in [1.82, 2.24) is 20.8 Å². The van der Waals surface area contributed by atoms with Crippen LogP contribution >= 0.6 is 22.9 Å². The van der Waals surface area contributed by atoms with E-state index < -0.39 is 0 Å². The van der Waals surface area contributed by atoms with E-state index in [2.05, 4.69) is 16.3 Å². The van der Waals surface area contributed by atoms with Gasteiger partial charge in [-0.25, -0.2) is 0 Å². The Morgan fingerprint density at radius 3 is 2.82 bits per heavy atom. The number of carbonyl (C=O) groups excluding carboxylic acids is 1. The molecule has 3 heterocycles. The van der Waals surface area contributed by atoms with Gasteiger partial charge in [-0.05, 0) is 37.3 Å². The van der Waals surface area contributed by atoms with Gasteiger partial charge >= 0.3 is 0 Å². The van der Waals surface area contributed by atoms with Crippen LogP contribution in [-0.4, -0.2) is 35.3 Å². The molecule has 34 heavy (non-hydrogen) atoms. The Hall–Kier alpha value is -3.31. The Bertz CT molecular complexity index is 1270. The van der Waals surface area contributed by atoms with Gasteiger partial charge in [0.2, 0.25) is 0 Å². The normalized spacial score (nSPS) is 13.2. The molecule has 4 rings (SSSR count). The summed E-state index contributed by atoms with van der Waals surface area (Å²) in [6.07, 6.45) is 2.16. The Kier molecular flexibility index (Phi) is 7.53. The maximum absolute atomic E-state index is 12.4. The number of nitrogens with zero attached hydrogens (tertiary/aromatic N) is 2. The number of amides is 1. The fourth-order valence-corrected chi connectivity index (χ4v) is 4.34. The minimum absolute atomic E-state index is 0.00885. The molecule has 2 aromatic heterocycles. The Morgan fingerprint density at radius 1 is 1.24 bits per heavy atom. The molecule has 0 radical (unpaired) electrons. The lowest BCUT2D eigenvalue weighted by atomic mass is 10.2. The number of nitrogens with one attached hydrogen (secondary N) is 3. The highest BCUT2D eigenvalue weighted by Gasteiger charge is 2.24. The van der Waals surface area contributed by atoms with Gasteiger partial charge in [0.05, 0.1) is 39.4 Å². The largest absolute Gasteiger partial charge is 0.491 e. The maximum atomic E-state index is 12.4. The molecule has 1 aliphatic rings. The Balaban J connectivity index is 1.56. The number of benzene rings is 1. The van der Waals surface area contributed by atoms with E-state index in [1.54, 1.807) is 41.5 Å². The molecule has 4 N–H and O–H groups in total. The molecule has 0 spiro atoms. The number of allylic oxidation sites excluding steroid dienone is 1. The lowest BCUT2D eigenvalue weighted by Crippen LogP contribution is -2.39. The smallest absolute Gasteiger partial charge is 0.261 e. The summed E-state index contributed by atoms with van der Waals surface area (Å²) in [5.74, 6) is 0.331. The molecule has 9 nitrogen and oxygen atoms in total. The van der Waals surface area contributed by atoms with E-state index in [9.17, 15) is 9.59 Å². The van der Waals surface area contributed by atoms with Gasteiger partial charge in [-0.3, -0.25) is 19.2 Å². The third-order valence-corrected chi connectivity index (χ3v) is 6.39. The van der Waals surface area contributed by atoms with Crippen LogP contribution in [-0.2, 0) is 0 Å². The topological polar surface area (TPSA) is 108 Å². The van der Waals surface area contributed by atoms with E-state index in [0.717, 1.165) is 11.4 Å². The van der Waals surface area contributed by atoms with Crippen LogP contribution in [0.4, 0.5) is 5.69 Å². The molecule has 3 aromatic rings. The molecule has 1 amide bonds. The van der Waals surface area contributed by atoms with Crippen molar-refractivity contribution in [2.75, 3.05) is 24.8 Å². The number of carbonyl (C=O) groups is 1. The average molecular weight is 502 g/mol. The van der Waals surface area contributed by atoms with Gasteiger partial charge < -0.3 is 20.6 Å². The van der Waals surface area contributed by atoms with Crippen molar-refractivity contribution in [3.63, 3.8) is 0 Å². The molecular formula is C23H24ClN5O4S. The predicted molar refractivity (Wildman–Crippen MR) is 132 cm³/mol. The van der Waals surface area contributed by atoms with Gasteiger partial charge in [-0.2, -0.15) is 0 Å². The van der Waals surface area contributed by atoms with Crippen LogP contribution in [0.15, 0.2) is 70.9 Å². The highest BCUT2D eigenvalue weighted by molar-refractivity contribution is 7.18. The highest BCUT2D eigenvalue weighted by Crippen LogP contribution is 2.33. The third kappa shape index (κ3) is 5.26. The van der Waals surface area contributed by atoms with Crippen molar-refractivity contribution in [3.8, 4) is 11.4 Å². The number of pyridine rings is 1. The van der Waals surface area contributed by atoms with Crippen molar-refractivity contribution >= 4 is 34.5 Å².